The quantitative estimate of drug-likeness (QED) is 0.222. The van der Waals surface area contributed by atoms with Crippen molar-refractivity contribution in [3.05, 3.63) is 113 Å². The van der Waals surface area contributed by atoms with E-state index >= 15 is 0 Å². The number of hydrogen-bond donors (Lipinski definition) is 1. The van der Waals surface area contributed by atoms with Gasteiger partial charge in [0.1, 0.15) is 12.0 Å². The summed E-state index contributed by atoms with van der Waals surface area (Å²) >= 11 is 0. The van der Waals surface area contributed by atoms with Crippen molar-refractivity contribution in [1.82, 2.24) is 4.90 Å². The number of nitrogens with zero attached hydrogens (tertiary/aromatic N) is 1. The first-order valence-electron chi connectivity index (χ1n) is 16.4. The molecule has 8 nitrogen and oxygen atoms in total. The summed E-state index contributed by atoms with van der Waals surface area (Å²) in [5.41, 5.74) is -0.0546. The molecular formula is C39H39F3N2O6. The van der Waals surface area contributed by atoms with E-state index < -0.39 is 34.9 Å². The monoisotopic (exact) mass is 688 g/mol. The first-order valence-corrected chi connectivity index (χ1v) is 16.4. The molecule has 0 aliphatic heterocycles. The van der Waals surface area contributed by atoms with Gasteiger partial charge >= 0.3 is 18.1 Å². The molecule has 0 saturated heterocycles. The van der Waals surface area contributed by atoms with Crippen molar-refractivity contribution in [2.24, 2.45) is 17.3 Å². The van der Waals surface area contributed by atoms with Crippen LogP contribution in [-0.2, 0) is 31.7 Å². The zero-order valence-corrected chi connectivity index (χ0v) is 28.1. The predicted octanol–water partition coefficient (Wildman–Crippen LogP) is 7.50. The fourth-order valence-electron chi connectivity index (χ4n) is 6.70. The average Bonchev–Trinajstić information content (AvgIpc) is 3.10. The minimum absolute atomic E-state index is 0.123. The van der Waals surface area contributed by atoms with Crippen molar-refractivity contribution in [1.29, 1.82) is 0 Å². The van der Waals surface area contributed by atoms with Crippen LogP contribution in [0.4, 0.5) is 18.9 Å². The van der Waals surface area contributed by atoms with Crippen molar-refractivity contribution in [3.63, 3.8) is 0 Å². The number of rotatable bonds is 10. The van der Waals surface area contributed by atoms with Crippen LogP contribution in [0.2, 0.25) is 0 Å². The molecule has 0 heterocycles. The number of ether oxygens (including phenoxy) is 2. The van der Waals surface area contributed by atoms with Crippen molar-refractivity contribution < 1.29 is 41.8 Å². The Labute approximate surface area is 288 Å². The minimum Gasteiger partial charge on any atom is -0.465 e. The van der Waals surface area contributed by atoms with Gasteiger partial charge < -0.3 is 19.7 Å². The van der Waals surface area contributed by atoms with Crippen LogP contribution >= 0.6 is 0 Å². The highest BCUT2D eigenvalue weighted by molar-refractivity contribution is 6.11. The Morgan fingerprint density at radius 3 is 2.34 bits per heavy atom. The molecule has 0 radical (unpaired) electrons. The van der Waals surface area contributed by atoms with E-state index in [2.05, 4.69) is 11.4 Å². The molecule has 50 heavy (non-hydrogen) atoms. The first kappa shape index (κ1) is 36.1. The normalized spacial score (nSPS) is 19.6. The maximum absolute atomic E-state index is 13.6. The molecule has 0 aromatic heterocycles. The second-order valence-corrected chi connectivity index (χ2v) is 12.7. The third kappa shape index (κ3) is 7.82. The van der Waals surface area contributed by atoms with Gasteiger partial charge in [-0.15, -0.1) is 0 Å². The van der Waals surface area contributed by atoms with E-state index in [0.717, 1.165) is 25.0 Å². The highest BCUT2D eigenvalue weighted by Gasteiger charge is 2.51. The van der Waals surface area contributed by atoms with Crippen LogP contribution in [0.5, 0.6) is 0 Å². The Kier molecular flexibility index (Phi) is 10.9. The number of carbonyl (C=O) groups is 4. The van der Waals surface area contributed by atoms with Crippen LogP contribution in [-0.4, -0.2) is 56.0 Å². The van der Waals surface area contributed by atoms with Gasteiger partial charge in [0.2, 0.25) is 0 Å². The fraction of sp³-hybridized carbons (Fsp3) is 0.333. The van der Waals surface area contributed by atoms with Crippen molar-refractivity contribution in [2.45, 2.75) is 38.8 Å². The molecule has 2 aliphatic carbocycles. The van der Waals surface area contributed by atoms with Gasteiger partial charge in [-0.1, -0.05) is 67.1 Å². The first-order chi connectivity index (χ1) is 23.8. The summed E-state index contributed by atoms with van der Waals surface area (Å²) in [6.45, 7) is 1.81. The zero-order chi connectivity index (χ0) is 36.1. The molecule has 1 fully saturated rings. The zero-order valence-electron chi connectivity index (χ0n) is 28.1. The molecule has 5 rings (SSSR count). The Morgan fingerprint density at radius 2 is 1.64 bits per heavy atom. The van der Waals surface area contributed by atoms with Crippen molar-refractivity contribution >= 4 is 29.4 Å². The number of allylic oxidation sites excluding steroid dienone is 4. The van der Waals surface area contributed by atoms with Gasteiger partial charge in [-0.3, -0.25) is 19.2 Å². The molecule has 3 aromatic rings. The summed E-state index contributed by atoms with van der Waals surface area (Å²) < 4.78 is 50.6. The van der Waals surface area contributed by atoms with Gasteiger partial charge in [0.05, 0.1) is 29.8 Å². The van der Waals surface area contributed by atoms with Gasteiger partial charge in [-0.25, -0.2) is 0 Å². The minimum atomic E-state index is -4.50. The maximum Gasteiger partial charge on any atom is 0.416 e. The van der Waals surface area contributed by atoms with Crippen LogP contribution in [0.15, 0.2) is 91.0 Å². The maximum atomic E-state index is 13.6. The smallest absolute Gasteiger partial charge is 0.416 e. The molecule has 11 heteroatoms. The van der Waals surface area contributed by atoms with Crippen LogP contribution < -0.4 is 5.32 Å². The molecule has 2 aliphatic rings. The summed E-state index contributed by atoms with van der Waals surface area (Å²) in [5, 5.41) is 2.77. The summed E-state index contributed by atoms with van der Waals surface area (Å²) in [5.74, 6) is -2.01. The number of fused-ring (bicyclic) bond motifs is 1. The number of alkyl halides is 3. The number of anilines is 1. The van der Waals surface area contributed by atoms with E-state index in [1.165, 1.54) is 35.2 Å². The topological polar surface area (TPSA) is 102 Å². The molecule has 1 saturated carbocycles. The van der Waals surface area contributed by atoms with Crippen molar-refractivity contribution in [2.75, 3.05) is 32.6 Å². The van der Waals surface area contributed by atoms with Gasteiger partial charge in [-0.2, -0.15) is 13.2 Å². The Hall–Kier alpha value is -5.19. The van der Waals surface area contributed by atoms with Crippen LogP contribution in [0.3, 0.4) is 0 Å². The third-order valence-electron chi connectivity index (χ3n) is 9.23. The van der Waals surface area contributed by atoms with Gasteiger partial charge in [0.25, 0.3) is 11.8 Å². The standard InChI is InChI=1S/C39H39F3N2O6/c1-4-49-37(48)38(21-9-11-27-10-5-8-14-32(27)38)24-50-34(45)23-25-15-20-33(31(22-25)36(47)44(2)3)43-35(46)30-13-7-6-12-29(30)26-16-18-28(19-17-26)39(40,41)42/h5-8,10,12-20,22,27,32H,4,9,11,21,23-24H2,1-3H3,(H,43,46). The summed E-state index contributed by atoms with van der Waals surface area (Å²) in [6, 6.07) is 15.6. The molecule has 3 unspecified atom stereocenters. The summed E-state index contributed by atoms with van der Waals surface area (Å²) in [7, 11) is 3.10. The molecule has 3 aromatic carbocycles. The molecule has 3 atom stereocenters. The average molecular weight is 689 g/mol. The number of amides is 2. The van der Waals surface area contributed by atoms with Gasteiger partial charge in [0.15, 0.2) is 0 Å². The Morgan fingerprint density at radius 1 is 0.920 bits per heavy atom. The largest absolute Gasteiger partial charge is 0.465 e. The van der Waals surface area contributed by atoms with E-state index in [0.29, 0.717) is 23.1 Å². The van der Waals surface area contributed by atoms with E-state index in [1.54, 1.807) is 45.3 Å². The van der Waals surface area contributed by atoms with Gasteiger partial charge in [0, 0.05) is 25.6 Å². The van der Waals surface area contributed by atoms with E-state index in [1.807, 2.05) is 18.2 Å². The van der Waals surface area contributed by atoms with E-state index in [-0.39, 0.29) is 54.3 Å². The lowest BCUT2D eigenvalue weighted by Crippen LogP contribution is -2.49. The fourth-order valence-corrected chi connectivity index (χ4v) is 6.70. The number of nitrogens with one attached hydrogen (secondary N) is 1. The number of hydrogen-bond acceptors (Lipinski definition) is 6. The molecule has 1 N–H and O–H groups in total. The lowest BCUT2D eigenvalue weighted by atomic mass is 9.60. The Bertz CT molecular complexity index is 1810. The molecule has 0 bridgehead atoms. The molecule has 2 amide bonds. The number of halogens is 3. The summed E-state index contributed by atoms with van der Waals surface area (Å²) in [4.78, 5) is 54.7. The highest BCUT2D eigenvalue weighted by Crippen LogP contribution is 2.48. The second kappa shape index (κ2) is 15.1. The molecular weight excluding hydrogens is 649 g/mol. The second-order valence-electron chi connectivity index (χ2n) is 12.7. The number of esters is 2. The van der Waals surface area contributed by atoms with E-state index in [4.69, 9.17) is 9.47 Å². The van der Waals surface area contributed by atoms with Crippen molar-refractivity contribution in [3.8, 4) is 11.1 Å². The third-order valence-corrected chi connectivity index (χ3v) is 9.23. The number of carbonyl (C=O) groups excluding carboxylic acids is 4. The van der Waals surface area contributed by atoms with Crippen LogP contribution in [0, 0.1) is 17.3 Å². The van der Waals surface area contributed by atoms with Crippen LogP contribution in [0.1, 0.15) is 58.0 Å². The molecule has 0 spiro atoms. The highest BCUT2D eigenvalue weighted by atomic mass is 19.4. The predicted molar refractivity (Wildman–Crippen MR) is 182 cm³/mol. The Balaban J connectivity index is 1.35. The number of benzene rings is 3. The lowest BCUT2D eigenvalue weighted by Gasteiger charge is -2.44. The van der Waals surface area contributed by atoms with Gasteiger partial charge in [-0.05, 0) is 72.7 Å². The SMILES string of the molecule is CCOC(=O)C1(COC(=O)Cc2ccc(NC(=O)c3ccccc3-c3ccc(C(F)(F)F)cc3)c(C(=O)N(C)C)c2)CCCC2C=CC=CC21. The van der Waals surface area contributed by atoms with Crippen LogP contribution in [0.25, 0.3) is 11.1 Å². The summed E-state index contributed by atoms with van der Waals surface area (Å²) in [6.07, 6.45) is 5.48. The molecule has 262 valence electrons. The lowest BCUT2D eigenvalue weighted by molar-refractivity contribution is -0.171. The van der Waals surface area contributed by atoms with E-state index in [9.17, 15) is 32.3 Å².